The number of fused-ring (bicyclic) bond motifs is 9. The van der Waals surface area contributed by atoms with Gasteiger partial charge in [-0.05, 0) is 101 Å². The largest absolute Gasteiger partial charge is 0.507 e. The second-order valence-corrected chi connectivity index (χ2v) is 14.0. The molecule has 0 atom stereocenters. The number of carbonyl (C=O) groups excluding carboxylic acids is 1. The van der Waals surface area contributed by atoms with Crippen molar-refractivity contribution in [1.29, 1.82) is 0 Å². The Bertz CT molecular complexity index is 2240. The third-order valence-electron chi connectivity index (χ3n) is 10.2. The minimum absolute atomic E-state index is 0.0290. The summed E-state index contributed by atoms with van der Waals surface area (Å²) < 4.78 is 2.22. The Kier molecular flexibility index (Phi) is 7.90. The summed E-state index contributed by atoms with van der Waals surface area (Å²) in [5, 5.41) is 46.2. The van der Waals surface area contributed by atoms with Gasteiger partial charge in [0.1, 0.15) is 36.3 Å². The Morgan fingerprint density at radius 2 is 1.04 bits per heavy atom. The van der Waals surface area contributed by atoms with Gasteiger partial charge in [0.25, 0.3) is 0 Å². The van der Waals surface area contributed by atoms with Crippen molar-refractivity contribution in [3.8, 4) is 23.0 Å². The fraction of sp³-hybridized carbons (Fsp3) is 0.209. The molecule has 1 heterocycles. The number of benzene rings is 5. The standard InChI is InChI=1S/C43H39NO5/c1-25-14-30-22-33-17-26(12-13-38-43(2,3)36-10-5-6-11-37(36)44(38)4)16-32(41(33)48)20-28-8-7-9-29(39(28)46)21-34-18-27(24-45)19-35(42(34)49)23-31(15-25)40(30)47/h5-19,24H,20-23H2,1-4H3,(H3,45,46,47,49)/p+1. The number of carbonyl (C=O) groups is 1. The van der Waals surface area contributed by atoms with Crippen LogP contribution in [-0.2, 0) is 31.1 Å². The zero-order valence-electron chi connectivity index (χ0n) is 28.2. The molecule has 1 aliphatic heterocycles. The number of hydrogen-bond acceptors (Lipinski definition) is 5. The van der Waals surface area contributed by atoms with Crippen molar-refractivity contribution in [3.05, 3.63) is 152 Å². The Balaban J connectivity index is 1.39. The maximum atomic E-state index is 11.9. The molecule has 246 valence electrons. The van der Waals surface area contributed by atoms with E-state index < -0.39 is 0 Å². The van der Waals surface area contributed by atoms with E-state index in [0.717, 1.165) is 23.1 Å². The van der Waals surface area contributed by atoms with Crippen LogP contribution in [0.25, 0.3) is 6.08 Å². The van der Waals surface area contributed by atoms with Gasteiger partial charge in [0.05, 0.1) is 5.41 Å². The smallest absolute Gasteiger partial charge is 0.209 e. The van der Waals surface area contributed by atoms with Crippen molar-refractivity contribution in [1.82, 2.24) is 0 Å². The van der Waals surface area contributed by atoms with Gasteiger partial charge in [-0.1, -0.05) is 54.1 Å². The summed E-state index contributed by atoms with van der Waals surface area (Å²) in [7, 11) is 2.08. The average Bonchev–Trinajstić information content (AvgIpc) is 3.27. The number of aldehydes is 1. The second kappa shape index (κ2) is 12.1. The molecule has 8 bridgehead atoms. The minimum Gasteiger partial charge on any atom is -0.507 e. The zero-order chi connectivity index (χ0) is 34.6. The van der Waals surface area contributed by atoms with Crippen molar-refractivity contribution >= 4 is 23.8 Å². The lowest BCUT2D eigenvalue weighted by atomic mass is 9.81. The normalized spacial score (nSPS) is 15.0. The fourth-order valence-corrected chi connectivity index (χ4v) is 7.71. The third kappa shape index (κ3) is 5.67. The van der Waals surface area contributed by atoms with Crippen LogP contribution in [0, 0.1) is 6.92 Å². The van der Waals surface area contributed by atoms with E-state index in [-0.39, 0.29) is 54.1 Å². The molecule has 5 aromatic rings. The first-order chi connectivity index (χ1) is 23.4. The number of para-hydroxylation sites is 2. The predicted octanol–water partition coefficient (Wildman–Crippen LogP) is 8.03. The molecule has 2 aliphatic rings. The highest BCUT2D eigenvalue weighted by Gasteiger charge is 2.42. The Morgan fingerprint density at radius 3 is 1.55 bits per heavy atom. The molecule has 6 nitrogen and oxygen atoms in total. The molecule has 0 amide bonds. The highest BCUT2D eigenvalue weighted by atomic mass is 16.3. The predicted molar refractivity (Wildman–Crippen MR) is 193 cm³/mol. The lowest BCUT2D eigenvalue weighted by molar-refractivity contribution is -0.401. The summed E-state index contributed by atoms with van der Waals surface area (Å²) in [6, 6.07) is 24.9. The van der Waals surface area contributed by atoms with Gasteiger partial charge in [-0.3, -0.25) is 4.79 Å². The first-order valence-corrected chi connectivity index (χ1v) is 16.6. The number of nitrogens with zero attached hydrogens (tertiary/aromatic N) is 1. The molecule has 0 spiro atoms. The van der Waals surface area contributed by atoms with E-state index in [2.05, 4.69) is 61.9 Å². The number of phenols is 4. The highest BCUT2D eigenvalue weighted by Crippen LogP contribution is 2.41. The lowest BCUT2D eigenvalue weighted by Gasteiger charge is -2.18. The van der Waals surface area contributed by atoms with Gasteiger partial charge in [-0.15, -0.1) is 0 Å². The molecular weight excluding hydrogens is 610 g/mol. The Morgan fingerprint density at radius 1 is 0.592 bits per heavy atom. The molecule has 6 heteroatoms. The fourth-order valence-electron chi connectivity index (χ4n) is 7.71. The van der Waals surface area contributed by atoms with Crippen LogP contribution in [0.3, 0.4) is 0 Å². The molecule has 4 N–H and O–H groups in total. The van der Waals surface area contributed by atoms with Crippen LogP contribution < -0.4 is 0 Å². The topological polar surface area (TPSA) is 101 Å². The van der Waals surface area contributed by atoms with Crippen molar-refractivity contribution in [2.45, 2.75) is 51.9 Å². The average molecular weight is 651 g/mol. The van der Waals surface area contributed by atoms with Crippen LogP contribution in [0.1, 0.15) is 85.4 Å². The van der Waals surface area contributed by atoms with Crippen molar-refractivity contribution < 1.29 is 29.8 Å². The van der Waals surface area contributed by atoms with E-state index in [1.54, 1.807) is 18.2 Å². The molecule has 0 radical (unpaired) electrons. The third-order valence-corrected chi connectivity index (χ3v) is 10.2. The molecule has 0 saturated heterocycles. The van der Waals surface area contributed by atoms with Gasteiger partial charge in [0, 0.05) is 49.0 Å². The summed E-state index contributed by atoms with van der Waals surface area (Å²) in [6.45, 7) is 6.40. The van der Waals surface area contributed by atoms with Crippen molar-refractivity contribution in [2.75, 3.05) is 7.05 Å². The quantitative estimate of drug-likeness (QED) is 0.115. The molecule has 49 heavy (non-hydrogen) atoms. The van der Waals surface area contributed by atoms with Crippen LogP contribution in [0.15, 0.2) is 84.9 Å². The molecule has 0 fully saturated rings. The summed E-state index contributed by atoms with van der Waals surface area (Å²) in [5.74, 6) is 0.312. The SMILES string of the molecule is Cc1cc2c(O)c(c1)Cc1cc(/C=C/C3=[N+](C)c4ccccc4C3(C)C)cc(c1O)Cc1cccc(c1O)Cc1cc(C=O)cc(c1O)C2. The van der Waals surface area contributed by atoms with Gasteiger partial charge in [-0.25, -0.2) is 0 Å². The summed E-state index contributed by atoms with van der Waals surface area (Å²) in [6.07, 6.45) is 5.85. The van der Waals surface area contributed by atoms with E-state index in [4.69, 9.17) is 0 Å². The first-order valence-electron chi connectivity index (χ1n) is 16.6. The van der Waals surface area contributed by atoms with E-state index in [1.165, 1.54) is 11.3 Å². The Hall–Kier alpha value is -5.62. The molecule has 0 unspecified atom stereocenters. The number of phenolic OH excluding ortho intramolecular Hbond substituents is 4. The lowest BCUT2D eigenvalue weighted by Crippen LogP contribution is -2.26. The monoisotopic (exact) mass is 650 g/mol. The number of allylic oxidation sites excluding steroid dienone is 1. The molecule has 0 saturated carbocycles. The van der Waals surface area contributed by atoms with E-state index >= 15 is 0 Å². The summed E-state index contributed by atoms with van der Waals surface area (Å²) in [4.78, 5) is 11.9. The van der Waals surface area contributed by atoms with Crippen LogP contribution in [0.4, 0.5) is 5.69 Å². The van der Waals surface area contributed by atoms with Gasteiger partial charge >= 0.3 is 0 Å². The Labute approximate surface area is 286 Å². The number of rotatable bonds is 3. The first kappa shape index (κ1) is 32.0. The molecule has 0 aromatic heterocycles. The van der Waals surface area contributed by atoms with Crippen LogP contribution in [-0.4, -0.2) is 44.0 Å². The van der Waals surface area contributed by atoms with Crippen LogP contribution in [0.5, 0.6) is 23.0 Å². The summed E-state index contributed by atoms with van der Waals surface area (Å²) in [5.41, 5.74) is 10.4. The molecule has 1 aliphatic carbocycles. The minimum atomic E-state index is -0.204. The van der Waals surface area contributed by atoms with Gasteiger partial charge < -0.3 is 20.4 Å². The van der Waals surface area contributed by atoms with Gasteiger partial charge in [0.15, 0.2) is 5.71 Å². The maximum absolute atomic E-state index is 11.9. The maximum Gasteiger partial charge on any atom is 0.209 e. The van der Waals surface area contributed by atoms with Gasteiger partial charge in [0.2, 0.25) is 5.69 Å². The molecular formula is C43H40NO5+. The zero-order valence-corrected chi connectivity index (χ0v) is 28.2. The summed E-state index contributed by atoms with van der Waals surface area (Å²) >= 11 is 0. The second-order valence-electron chi connectivity index (χ2n) is 14.0. The van der Waals surface area contributed by atoms with E-state index in [0.29, 0.717) is 50.1 Å². The molecule has 7 rings (SSSR count). The number of aromatic hydroxyl groups is 4. The van der Waals surface area contributed by atoms with E-state index in [9.17, 15) is 25.2 Å². The van der Waals surface area contributed by atoms with Gasteiger partial charge in [-0.2, -0.15) is 4.58 Å². The van der Waals surface area contributed by atoms with E-state index in [1.807, 2.05) is 43.3 Å². The van der Waals surface area contributed by atoms with Crippen molar-refractivity contribution in [3.63, 3.8) is 0 Å². The number of hydrogen-bond donors (Lipinski definition) is 4. The molecule has 5 aromatic carbocycles. The highest BCUT2D eigenvalue weighted by molar-refractivity contribution is 6.05. The van der Waals surface area contributed by atoms with Crippen LogP contribution >= 0.6 is 0 Å². The van der Waals surface area contributed by atoms with Crippen LogP contribution in [0.2, 0.25) is 0 Å². The van der Waals surface area contributed by atoms with Crippen molar-refractivity contribution in [2.24, 2.45) is 0 Å². The number of aryl methyl sites for hydroxylation is 1.